The number of hydrogen-bond donors (Lipinski definition) is 1. The molecule has 1 atom stereocenters. The molecule has 0 saturated heterocycles. The van der Waals surface area contributed by atoms with Crippen molar-refractivity contribution in [1.82, 2.24) is 10.2 Å². The molecule has 0 bridgehead atoms. The fourth-order valence-electron chi connectivity index (χ4n) is 2.20. The monoisotopic (exact) mass is 276 g/mol. The summed E-state index contributed by atoms with van der Waals surface area (Å²) in [6.45, 7) is 7.84. The molecule has 0 aliphatic rings. The van der Waals surface area contributed by atoms with Crippen molar-refractivity contribution in [2.75, 3.05) is 20.6 Å². The average molecular weight is 276 g/mol. The van der Waals surface area contributed by atoms with Crippen LogP contribution in [-0.4, -0.2) is 31.1 Å². The minimum absolute atomic E-state index is 0.178. The molecule has 1 unspecified atom stereocenters. The van der Waals surface area contributed by atoms with E-state index in [1.165, 1.54) is 31.2 Å². The third-order valence-corrected chi connectivity index (χ3v) is 4.29. The van der Waals surface area contributed by atoms with E-state index in [1.807, 2.05) is 0 Å². The Kier molecular flexibility index (Phi) is 7.25. The van der Waals surface area contributed by atoms with Gasteiger partial charge in [0.2, 0.25) is 0 Å². The molecule has 1 aromatic carbocycles. The normalized spacial score (nSPS) is 13.7. The van der Waals surface area contributed by atoms with E-state index in [4.69, 9.17) is 0 Å². The molecule has 0 heterocycles. The molecular formula is C18H32N2. The number of hydrogen-bond acceptors (Lipinski definition) is 2. The quantitative estimate of drug-likeness (QED) is 0.679. The molecule has 2 heteroatoms. The lowest BCUT2D eigenvalue weighted by atomic mass is 9.98. The summed E-state index contributed by atoms with van der Waals surface area (Å²) in [7, 11) is 4.30. The first-order valence-corrected chi connectivity index (χ1v) is 7.93. The third-order valence-electron chi connectivity index (χ3n) is 4.29. The number of nitrogens with one attached hydrogen (secondary N) is 1. The zero-order valence-corrected chi connectivity index (χ0v) is 13.9. The second-order valence-electron chi connectivity index (χ2n) is 6.55. The molecule has 1 N–H and O–H groups in total. The van der Waals surface area contributed by atoms with E-state index in [-0.39, 0.29) is 5.54 Å². The molecule has 20 heavy (non-hydrogen) atoms. The number of nitrogens with zero attached hydrogens (tertiary/aromatic N) is 1. The summed E-state index contributed by atoms with van der Waals surface area (Å²) in [6, 6.07) is 11.3. The van der Waals surface area contributed by atoms with Crippen molar-refractivity contribution in [2.24, 2.45) is 0 Å². The van der Waals surface area contributed by atoms with Crippen LogP contribution in [0.25, 0.3) is 0 Å². The highest BCUT2D eigenvalue weighted by molar-refractivity contribution is 5.18. The van der Waals surface area contributed by atoms with Gasteiger partial charge in [0.15, 0.2) is 0 Å². The summed E-state index contributed by atoms with van der Waals surface area (Å²) >= 11 is 0. The fraction of sp³-hybridized carbons (Fsp3) is 0.667. The number of likely N-dealkylation sites (N-methyl/N-ethyl adjacent to an activating group) is 1. The first kappa shape index (κ1) is 17.2. The molecule has 2 nitrogen and oxygen atoms in total. The van der Waals surface area contributed by atoms with Gasteiger partial charge in [-0.15, -0.1) is 0 Å². The SMILES string of the molecule is CCCCCC(NCC(C)(C)N(C)C)c1ccccc1. The van der Waals surface area contributed by atoms with E-state index in [0.29, 0.717) is 6.04 Å². The van der Waals surface area contributed by atoms with Crippen LogP contribution in [0.15, 0.2) is 30.3 Å². The highest BCUT2D eigenvalue weighted by atomic mass is 15.2. The van der Waals surface area contributed by atoms with Crippen LogP contribution < -0.4 is 5.32 Å². The lowest BCUT2D eigenvalue weighted by molar-refractivity contribution is 0.183. The molecule has 0 aromatic heterocycles. The second kappa shape index (κ2) is 8.43. The van der Waals surface area contributed by atoms with Crippen molar-refractivity contribution < 1.29 is 0 Å². The Morgan fingerprint density at radius 2 is 1.75 bits per heavy atom. The van der Waals surface area contributed by atoms with E-state index < -0.39 is 0 Å². The Bertz CT molecular complexity index is 357. The van der Waals surface area contributed by atoms with E-state index in [9.17, 15) is 0 Å². The predicted octanol–water partition coefficient (Wildman–Crippen LogP) is 4.24. The zero-order chi connectivity index (χ0) is 15.0. The van der Waals surface area contributed by atoms with Crippen molar-refractivity contribution in [3.05, 3.63) is 35.9 Å². The average Bonchev–Trinajstić information content (AvgIpc) is 2.43. The first-order valence-electron chi connectivity index (χ1n) is 7.93. The molecule has 0 saturated carbocycles. The predicted molar refractivity (Wildman–Crippen MR) is 89.1 cm³/mol. The number of unbranched alkanes of at least 4 members (excludes halogenated alkanes) is 2. The van der Waals surface area contributed by atoms with Gasteiger partial charge < -0.3 is 10.2 Å². The van der Waals surface area contributed by atoms with Gasteiger partial charge in [0.05, 0.1) is 0 Å². The number of benzene rings is 1. The summed E-state index contributed by atoms with van der Waals surface area (Å²) in [4.78, 5) is 2.29. The van der Waals surface area contributed by atoms with Crippen molar-refractivity contribution in [3.8, 4) is 0 Å². The zero-order valence-electron chi connectivity index (χ0n) is 13.9. The molecular weight excluding hydrogens is 244 g/mol. The summed E-state index contributed by atoms with van der Waals surface area (Å²) in [5, 5.41) is 3.77. The molecule has 1 rings (SSSR count). The highest BCUT2D eigenvalue weighted by Gasteiger charge is 2.22. The van der Waals surface area contributed by atoms with Gasteiger partial charge in [0, 0.05) is 18.1 Å². The Morgan fingerprint density at radius 1 is 1.10 bits per heavy atom. The van der Waals surface area contributed by atoms with Crippen LogP contribution in [0.4, 0.5) is 0 Å². The van der Waals surface area contributed by atoms with E-state index in [0.717, 1.165) is 6.54 Å². The van der Waals surface area contributed by atoms with Crippen LogP contribution >= 0.6 is 0 Å². The fourth-order valence-corrected chi connectivity index (χ4v) is 2.20. The summed E-state index contributed by atoms with van der Waals surface area (Å²) in [5.74, 6) is 0. The first-order chi connectivity index (χ1) is 9.47. The molecule has 114 valence electrons. The number of rotatable bonds is 9. The maximum atomic E-state index is 3.77. The maximum Gasteiger partial charge on any atom is 0.0321 e. The Labute approximate surface area is 125 Å². The third kappa shape index (κ3) is 5.64. The summed E-state index contributed by atoms with van der Waals surface area (Å²) in [6.07, 6.45) is 5.12. The standard InChI is InChI=1S/C18H32N2/c1-6-7-9-14-17(16-12-10-8-11-13-16)19-15-18(2,3)20(4)5/h8,10-13,17,19H,6-7,9,14-15H2,1-5H3. The molecule has 0 fully saturated rings. The van der Waals surface area contributed by atoms with Gasteiger partial charge in [0.1, 0.15) is 0 Å². The molecule has 0 aliphatic carbocycles. The lowest BCUT2D eigenvalue weighted by Crippen LogP contribution is -2.47. The molecule has 1 aromatic rings. The molecule has 0 radical (unpaired) electrons. The maximum absolute atomic E-state index is 3.77. The van der Waals surface area contributed by atoms with Gasteiger partial charge in [0.25, 0.3) is 0 Å². The van der Waals surface area contributed by atoms with Gasteiger partial charge in [-0.3, -0.25) is 0 Å². The lowest BCUT2D eigenvalue weighted by Gasteiger charge is -2.34. The Morgan fingerprint density at radius 3 is 2.30 bits per heavy atom. The summed E-state index contributed by atoms with van der Waals surface area (Å²) < 4.78 is 0. The van der Waals surface area contributed by atoms with Crippen LogP contribution in [0.3, 0.4) is 0 Å². The van der Waals surface area contributed by atoms with Crippen molar-refractivity contribution in [1.29, 1.82) is 0 Å². The van der Waals surface area contributed by atoms with Gasteiger partial charge in [-0.2, -0.15) is 0 Å². The van der Waals surface area contributed by atoms with Gasteiger partial charge >= 0.3 is 0 Å². The van der Waals surface area contributed by atoms with Crippen molar-refractivity contribution in [2.45, 2.75) is 58.0 Å². The van der Waals surface area contributed by atoms with Crippen LogP contribution in [0.5, 0.6) is 0 Å². The Hall–Kier alpha value is -0.860. The molecule has 0 spiro atoms. The van der Waals surface area contributed by atoms with E-state index >= 15 is 0 Å². The van der Waals surface area contributed by atoms with Crippen LogP contribution in [0.2, 0.25) is 0 Å². The van der Waals surface area contributed by atoms with Crippen LogP contribution in [-0.2, 0) is 0 Å². The van der Waals surface area contributed by atoms with E-state index in [2.05, 4.69) is 75.4 Å². The molecule has 0 amide bonds. The van der Waals surface area contributed by atoms with Crippen molar-refractivity contribution in [3.63, 3.8) is 0 Å². The van der Waals surface area contributed by atoms with Crippen LogP contribution in [0.1, 0.15) is 58.1 Å². The highest BCUT2D eigenvalue weighted by Crippen LogP contribution is 2.21. The minimum Gasteiger partial charge on any atom is -0.308 e. The minimum atomic E-state index is 0.178. The van der Waals surface area contributed by atoms with Gasteiger partial charge in [-0.25, -0.2) is 0 Å². The smallest absolute Gasteiger partial charge is 0.0321 e. The topological polar surface area (TPSA) is 15.3 Å². The molecule has 0 aliphatic heterocycles. The van der Waals surface area contributed by atoms with Crippen LogP contribution in [0, 0.1) is 0 Å². The van der Waals surface area contributed by atoms with Crippen molar-refractivity contribution >= 4 is 0 Å². The van der Waals surface area contributed by atoms with E-state index in [1.54, 1.807) is 0 Å². The Balaban J connectivity index is 2.64. The van der Waals surface area contributed by atoms with Gasteiger partial charge in [-0.05, 0) is 39.9 Å². The second-order valence-corrected chi connectivity index (χ2v) is 6.55. The summed E-state index contributed by atoms with van der Waals surface area (Å²) in [5.41, 5.74) is 1.59. The van der Waals surface area contributed by atoms with Gasteiger partial charge in [-0.1, -0.05) is 56.5 Å². The largest absolute Gasteiger partial charge is 0.308 e.